The minimum Gasteiger partial charge on any atom is -0.354 e. The molecule has 148 valence electrons. The number of hydrogen-bond acceptors (Lipinski definition) is 4. The van der Waals surface area contributed by atoms with Crippen LogP contribution in [0.5, 0.6) is 0 Å². The van der Waals surface area contributed by atoms with E-state index < -0.39 is 0 Å². The molecule has 3 aromatic rings. The van der Waals surface area contributed by atoms with Gasteiger partial charge < -0.3 is 10.2 Å². The molecule has 6 heteroatoms. The number of halogens is 1. The number of carbonyl (C=O) groups is 1. The molecule has 29 heavy (non-hydrogen) atoms. The smallest absolute Gasteiger partial charge is 0.229 e. The molecule has 1 N–H and O–H groups in total. The maximum absolute atomic E-state index is 13.3. The maximum Gasteiger partial charge on any atom is 0.229 e. The summed E-state index contributed by atoms with van der Waals surface area (Å²) in [4.78, 5) is 14.7. The second kappa shape index (κ2) is 8.39. The van der Waals surface area contributed by atoms with Gasteiger partial charge in [-0.2, -0.15) is 0 Å². The van der Waals surface area contributed by atoms with E-state index in [-0.39, 0.29) is 17.6 Å². The van der Waals surface area contributed by atoms with E-state index >= 15 is 0 Å². The summed E-state index contributed by atoms with van der Waals surface area (Å²) >= 11 is 0. The average Bonchev–Trinajstić information content (AvgIpc) is 2.74. The number of anilines is 2. The van der Waals surface area contributed by atoms with Crippen LogP contribution >= 0.6 is 0 Å². The van der Waals surface area contributed by atoms with E-state index in [1.165, 1.54) is 17.7 Å². The van der Waals surface area contributed by atoms with Crippen LogP contribution in [0, 0.1) is 18.7 Å². The zero-order valence-electron chi connectivity index (χ0n) is 16.3. The Labute approximate surface area is 169 Å². The maximum atomic E-state index is 13.3. The molecule has 1 saturated heterocycles. The van der Waals surface area contributed by atoms with E-state index in [0.717, 1.165) is 36.5 Å². The summed E-state index contributed by atoms with van der Waals surface area (Å²) < 4.78 is 13.3. The van der Waals surface area contributed by atoms with Crippen molar-refractivity contribution < 1.29 is 9.18 Å². The third-order valence-corrected chi connectivity index (χ3v) is 5.21. The Morgan fingerprint density at radius 2 is 1.93 bits per heavy atom. The highest BCUT2D eigenvalue weighted by molar-refractivity contribution is 5.93. The molecule has 1 aromatic heterocycles. The zero-order valence-corrected chi connectivity index (χ0v) is 16.3. The third kappa shape index (κ3) is 4.59. The number of hydrogen-bond donors (Lipinski definition) is 1. The lowest BCUT2D eigenvalue weighted by molar-refractivity contribution is -0.120. The van der Waals surface area contributed by atoms with Gasteiger partial charge in [0.25, 0.3) is 0 Å². The molecule has 1 atom stereocenters. The fraction of sp³-hybridized carbons (Fsp3) is 0.261. The van der Waals surface area contributed by atoms with Crippen molar-refractivity contribution in [2.45, 2.75) is 19.8 Å². The van der Waals surface area contributed by atoms with Crippen LogP contribution < -0.4 is 10.2 Å². The first-order valence-corrected chi connectivity index (χ1v) is 9.80. The lowest BCUT2D eigenvalue weighted by atomic mass is 9.97. The topological polar surface area (TPSA) is 58.1 Å². The van der Waals surface area contributed by atoms with Crippen LogP contribution in [0.2, 0.25) is 0 Å². The van der Waals surface area contributed by atoms with Crippen molar-refractivity contribution in [3.63, 3.8) is 0 Å². The number of nitrogens with one attached hydrogen (secondary N) is 1. The van der Waals surface area contributed by atoms with E-state index in [1.807, 2.05) is 24.3 Å². The number of benzene rings is 2. The minimum atomic E-state index is -0.364. The first-order valence-electron chi connectivity index (χ1n) is 9.80. The second-order valence-electron chi connectivity index (χ2n) is 7.43. The molecular formula is C23H23FN4O. The summed E-state index contributed by atoms with van der Waals surface area (Å²) in [6.45, 7) is 3.46. The van der Waals surface area contributed by atoms with Gasteiger partial charge in [0, 0.05) is 24.3 Å². The number of carbonyl (C=O) groups excluding carboxylic acids is 1. The van der Waals surface area contributed by atoms with E-state index in [0.29, 0.717) is 12.2 Å². The number of amides is 1. The molecule has 1 fully saturated rings. The van der Waals surface area contributed by atoms with Gasteiger partial charge in [-0.05, 0) is 50.1 Å². The molecule has 1 aliphatic heterocycles. The summed E-state index contributed by atoms with van der Waals surface area (Å²) in [5.41, 5.74) is 3.54. The van der Waals surface area contributed by atoms with Crippen molar-refractivity contribution in [3.05, 3.63) is 72.0 Å². The summed E-state index contributed by atoms with van der Waals surface area (Å²) in [6, 6.07) is 18.1. The van der Waals surface area contributed by atoms with Crippen LogP contribution in [0.3, 0.4) is 0 Å². The molecular weight excluding hydrogens is 367 g/mol. The molecule has 2 aromatic carbocycles. The van der Waals surface area contributed by atoms with Crippen LogP contribution in [0.1, 0.15) is 18.4 Å². The highest BCUT2D eigenvalue weighted by Gasteiger charge is 2.27. The van der Waals surface area contributed by atoms with Crippen molar-refractivity contribution in [1.29, 1.82) is 0 Å². The van der Waals surface area contributed by atoms with Crippen molar-refractivity contribution >= 4 is 17.4 Å². The highest BCUT2D eigenvalue weighted by atomic mass is 19.1. The molecule has 4 rings (SSSR count). The van der Waals surface area contributed by atoms with Crippen molar-refractivity contribution in [3.8, 4) is 11.3 Å². The summed E-state index contributed by atoms with van der Waals surface area (Å²) in [7, 11) is 0. The Morgan fingerprint density at radius 3 is 2.66 bits per heavy atom. The van der Waals surface area contributed by atoms with Gasteiger partial charge in [0.1, 0.15) is 5.82 Å². The fourth-order valence-electron chi connectivity index (χ4n) is 3.58. The van der Waals surface area contributed by atoms with Crippen LogP contribution in [-0.2, 0) is 4.79 Å². The molecule has 2 heterocycles. The Bertz CT molecular complexity index is 989. The fourth-order valence-corrected chi connectivity index (χ4v) is 3.58. The molecule has 0 spiro atoms. The summed E-state index contributed by atoms with van der Waals surface area (Å²) in [6.07, 6.45) is 1.69. The number of aryl methyl sites for hydroxylation is 1. The SMILES string of the molecule is Cc1ccc(-c2ccc(N3CCCC(C(=O)Nc4cccc(F)c4)C3)nn2)cc1. The van der Waals surface area contributed by atoms with Crippen LogP contribution in [-0.4, -0.2) is 29.2 Å². The predicted molar refractivity (Wildman–Crippen MR) is 112 cm³/mol. The minimum absolute atomic E-state index is 0.0930. The van der Waals surface area contributed by atoms with Crippen molar-refractivity contribution in [2.75, 3.05) is 23.3 Å². The Hall–Kier alpha value is -3.28. The van der Waals surface area contributed by atoms with Crippen LogP contribution in [0.25, 0.3) is 11.3 Å². The van der Waals surface area contributed by atoms with E-state index in [9.17, 15) is 9.18 Å². The summed E-state index contributed by atoms with van der Waals surface area (Å²) in [5, 5.41) is 11.6. The van der Waals surface area contributed by atoms with Crippen molar-refractivity contribution in [2.24, 2.45) is 5.92 Å². The molecule has 0 aliphatic carbocycles. The van der Waals surface area contributed by atoms with E-state index in [1.54, 1.807) is 12.1 Å². The Morgan fingerprint density at radius 1 is 1.10 bits per heavy atom. The second-order valence-corrected chi connectivity index (χ2v) is 7.43. The summed E-state index contributed by atoms with van der Waals surface area (Å²) in [5.74, 6) is 0.135. The molecule has 1 aliphatic rings. The number of piperidine rings is 1. The normalized spacial score (nSPS) is 16.5. The van der Waals surface area contributed by atoms with Crippen molar-refractivity contribution in [1.82, 2.24) is 10.2 Å². The lowest BCUT2D eigenvalue weighted by Crippen LogP contribution is -2.41. The van der Waals surface area contributed by atoms with Gasteiger partial charge in [-0.25, -0.2) is 4.39 Å². The first-order chi connectivity index (χ1) is 14.1. The average molecular weight is 390 g/mol. The third-order valence-electron chi connectivity index (χ3n) is 5.21. The highest BCUT2D eigenvalue weighted by Crippen LogP contribution is 2.24. The predicted octanol–water partition coefficient (Wildman–Crippen LogP) is 4.45. The van der Waals surface area contributed by atoms with Gasteiger partial charge >= 0.3 is 0 Å². The first kappa shape index (κ1) is 19.1. The molecule has 1 unspecified atom stereocenters. The Balaban J connectivity index is 1.42. The van der Waals surface area contributed by atoms with Gasteiger partial charge in [-0.3, -0.25) is 4.79 Å². The standard InChI is InChI=1S/C23H23FN4O/c1-16-7-9-17(10-8-16)21-11-12-22(27-26-21)28-13-3-4-18(15-28)23(29)25-20-6-2-5-19(24)14-20/h2,5-12,14,18H,3-4,13,15H2,1H3,(H,25,29). The number of rotatable bonds is 4. The van der Waals surface area contributed by atoms with E-state index in [2.05, 4.69) is 39.5 Å². The van der Waals surface area contributed by atoms with Crippen LogP contribution in [0.15, 0.2) is 60.7 Å². The molecule has 0 saturated carbocycles. The van der Waals surface area contributed by atoms with Gasteiger partial charge in [0.2, 0.25) is 5.91 Å². The Kier molecular flexibility index (Phi) is 5.51. The molecule has 0 bridgehead atoms. The van der Waals surface area contributed by atoms with Gasteiger partial charge in [-0.1, -0.05) is 35.9 Å². The monoisotopic (exact) mass is 390 g/mol. The van der Waals surface area contributed by atoms with Gasteiger partial charge in [-0.15, -0.1) is 10.2 Å². The lowest BCUT2D eigenvalue weighted by Gasteiger charge is -2.32. The van der Waals surface area contributed by atoms with E-state index in [4.69, 9.17) is 0 Å². The van der Waals surface area contributed by atoms with Crippen LogP contribution in [0.4, 0.5) is 15.9 Å². The zero-order chi connectivity index (χ0) is 20.2. The molecule has 0 radical (unpaired) electrons. The van der Waals surface area contributed by atoms with Gasteiger partial charge in [0.05, 0.1) is 11.6 Å². The van der Waals surface area contributed by atoms with Gasteiger partial charge in [0.15, 0.2) is 5.82 Å². The number of aromatic nitrogens is 2. The molecule has 5 nitrogen and oxygen atoms in total. The number of nitrogens with zero attached hydrogens (tertiary/aromatic N) is 3. The quantitative estimate of drug-likeness (QED) is 0.715. The molecule has 1 amide bonds. The largest absolute Gasteiger partial charge is 0.354 e.